The number of nitrogens with zero attached hydrogens (tertiary/aromatic N) is 4. The normalized spacial score (nSPS) is 10.2. The molecular weight excluding hydrogens is 238 g/mol. The molecule has 1 N–H and O–H groups in total. The fraction of sp³-hybridized carbons (Fsp3) is 0.600. The first kappa shape index (κ1) is 13.9. The van der Waals surface area contributed by atoms with E-state index >= 15 is 0 Å². The van der Waals surface area contributed by atoms with E-state index in [9.17, 15) is 14.9 Å². The number of rotatable bonds is 6. The van der Waals surface area contributed by atoms with Gasteiger partial charge >= 0.3 is 5.69 Å². The molecule has 0 unspecified atom stereocenters. The number of nitro groups is 1. The molecule has 18 heavy (non-hydrogen) atoms. The quantitative estimate of drug-likeness (QED) is 0.593. The molecular formula is C10H17N5O3. The van der Waals surface area contributed by atoms with Crippen LogP contribution in [0.25, 0.3) is 0 Å². The van der Waals surface area contributed by atoms with Crippen molar-refractivity contribution in [3.05, 3.63) is 16.3 Å². The summed E-state index contributed by atoms with van der Waals surface area (Å²) >= 11 is 0. The van der Waals surface area contributed by atoms with Crippen LogP contribution in [-0.4, -0.2) is 45.1 Å². The number of carbonyl (C=O) groups is 1. The maximum atomic E-state index is 11.7. The zero-order valence-corrected chi connectivity index (χ0v) is 10.7. The van der Waals surface area contributed by atoms with E-state index in [-0.39, 0.29) is 24.0 Å². The van der Waals surface area contributed by atoms with E-state index < -0.39 is 4.92 Å². The summed E-state index contributed by atoms with van der Waals surface area (Å²) in [5.41, 5.74) is -0.134. The maximum absolute atomic E-state index is 11.7. The lowest BCUT2D eigenvalue weighted by Gasteiger charge is -2.18. The third-order valence-electron chi connectivity index (χ3n) is 2.53. The summed E-state index contributed by atoms with van der Waals surface area (Å²) in [5.74, 6) is 0.00274. The van der Waals surface area contributed by atoms with Crippen molar-refractivity contribution < 1.29 is 9.72 Å². The van der Waals surface area contributed by atoms with Crippen molar-refractivity contribution in [1.82, 2.24) is 14.7 Å². The summed E-state index contributed by atoms with van der Waals surface area (Å²) in [6.07, 6.45) is 1.30. The Kier molecular flexibility index (Phi) is 4.64. The highest BCUT2D eigenvalue weighted by atomic mass is 16.6. The standard InChI is InChI=1S/C10H17N5O3/c1-4-14(5-2)9(16)6-11-10-8(15(17)18)7-13(3)12-10/h7H,4-6H2,1-3H3,(H,11,12). The third kappa shape index (κ3) is 3.19. The number of carbonyl (C=O) groups excluding carboxylic acids is 1. The number of amides is 1. The summed E-state index contributed by atoms with van der Waals surface area (Å²) in [7, 11) is 1.59. The van der Waals surface area contributed by atoms with E-state index in [1.54, 1.807) is 11.9 Å². The molecule has 8 heteroatoms. The van der Waals surface area contributed by atoms with Crippen molar-refractivity contribution in [1.29, 1.82) is 0 Å². The van der Waals surface area contributed by atoms with Gasteiger partial charge in [0.1, 0.15) is 6.20 Å². The van der Waals surface area contributed by atoms with Crippen LogP contribution in [0, 0.1) is 10.1 Å². The van der Waals surface area contributed by atoms with Crippen LogP contribution < -0.4 is 5.32 Å². The molecule has 1 amide bonds. The Balaban J connectivity index is 2.69. The van der Waals surface area contributed by atoms with Gasteiger partial charge in [-0.3, -0.25) is 19.6 Å². The van der Waals surface area contributed by atoms with Gasteiger partial charge in [-0.2, -0.15) is 0 Å². The lowest BCUT2D eigenvalue weighted by Crippen LogP contribution is -2.35. The molecule has 0 aliphatic heterocycles. The number of nitrogens with one attached hydrogen (secondary N) is 1. The predicted molar refractivity (Wildman–Crippen MR) is 66.3 cm³/mol. The molecule has 0 atom stereocenters. The topological polar surface area (TPSA) is 93.3 Å². The fourth-order valence-electron chi connectivity index (χ4n) is 1.58. The van der Waals surface area contributed by atoms with Gasteiger partial charge in [-0.25, -0.2) is 0 Å². The highest BCUT2D eigenvalue weighted by molar-refractivity contribution is 5.81. The van der Waals surface area contributed by atoms with Crippen LogP contribution >= 0.6 is 0 Å². The molecule has 1 heterocycles. The Morgan fingerprint density at radius 2 is 2.17 bits per heavy atom. The minimum absolute atomic E-state index is 0.000463. The second kappa shape index (κ2) is 5.99. The van der Waals surface area contributed by atoms with Gasteiger partial charge < -0.3 is 10.2 Å². The molecule has 1 rings (SSSR count). The summed E-state index contributed by atoms with van der Waals surface area (Å²) in [6.45, 7) is 4.98. The summed E-state index contributed by atoms with van der Waals surface area (Å²) < 4.78 is 1.34. The van der Waals surface area contributed by atoms with Crippen molar-refractivity contribution in [2.45, 2.75) is 13.8 Å². The average molecular weight is 255 g/mol. The lowest BCUT2D eigenvalue weighted by atomic mass is 10.4. The summed E-state index contributed by atoms with van der Waals surface area (Å²) in [5, 5.41) is 17.4. The highest BCUT2D eigenvalue weighted by Gasteiger charge is 2.19. The minimum Gasteiger partial charge on any atom is -0.354 e. The van der Waals surface area contributed by atoms with Gasteiger partial charge in [-0.15, -0.1) is 5.10 Å². The van der Waals surface area contributed by atoms with E-state index in [1.807, 2.05) is 13.8 Å². The zero-order valence-electron chi connectivity index (χ0n) is 10.7. The van der Waals surface area contributed by atoms with Gasteiger partial charge in [0.15, 0.2) is 0 Å². The van der Waals surface area contributed by atoms with Crippen LogP contribution in [0.3, 0.4) is 0 Å². The molecule has 0 saturated carbocycles. The monoisotopic (exact) mass is 255 g/mol. The smallest absolute Gasteiger partial charge is 0.330 e. The Morgan fingerprint density at radius 1 is 1.56 bits per heavy atom. The van der Waals surface area contributed by atoms with Gasteiger partial charge in [0, 0.05) is 20.1 Å². The van der Waals surface area contributed by atoms with Gasteiger partial charge in [-0.05, 0) is 13.8 Å². The molecule has 0 aliphatic rings. The SMILES string of the molecule is CCN(CC)C(=O)CNc1nn(C)cc1[N+](=O)[O-]. The molecule has 1 aromatic rings. The van der Waals surface area contributed by atoms with Gasteiger partial charge in [-0.1, -0.05) is 0 Å². The van der Waals surface area contributed by atoms with Gasteiger partial charge in [0.2, 0.25) is 11.7 Å². The van der Waals surface area contributed by atoms with Crippen molar-refractivity contribution in [3.8, 4) is 0 Å². The van der Waals surface area contributed by atoms with Crippen molar-refractivity contribution >= 4 is 17.4 Å². The predicted octanol–water partition coefficient (Wildman–Crippen LogP) is 0.609. The molecule has 0 aliphatic carbocycles. The Morgan fingerprint density at radius 3 is 2.67 bits per heavy atom. The Hall–Kier alpha value is -2.12. The molecule has 8 nitrogen and oxygen atoms in total. The number of hydrogen-bond donors (Lipinski definition) is 1. The van der Waals surface area contributed by atoms with Crippen molar-refractivity contribution in [2.75, 3.05) is 25.0 Å². The molecule has 0 spiro atoms. The number of anilines is 1. The van der Waals surface area contributed by atoms with E-state index in [4.69, 9.17) is 0 Å². The average Bonchev–Trinajstić information content (AvgIpc) is 2.69. The molecule has 0 saturated heterocycles. The molecule has 0 bridgehead atoms. The van der Waals surface area contributed by atoms with E-state index in [1.165, 1.54) is 10.9 Å². The minimum atomic E-state index is -0.531. The van der Waals surface area contributed by atoms with Crippen LogP contribution in [-0.2, 0) is 11.8 Å². The molecule has 0 radical (unpaired) electrons. The Bertz CT molecular complexity index is 439. The first-order valence-electron chi connectivity index (χ1n) is 5.69. The lowest BCUT2D eigenvalue weighted by molar-refractivity contribution is -0.384. The Labute approximate surface area is 105 Å². The zero-order chi connectivity index (χ0) is 13.7. The largest absolute Gasteiger partial charge is 0.354 e. The van der Waals surface area contributed by atoms with E-state index in [0.717, 1.165) is 0 Å². The van der Waals surface area contributed by atoms with Crippen LogP contribution in [0.15, 0.2) is 6.20 Å². The first-order valence-corrected chi connectivity index (χ1v) is 5.69. The van der Waals surface area contributed by atoms with Crippen LogP contribution in [0.4, 0.5) is 11.5 Å². The van der Waals surface area contributed by atoms with Crippen molar-refractivity contribution in [2.24, 2.45) is 7.05 Å². The van der Waals surface area contributed by atoms with Gasteiger partial charge in [0.05, 0.1) is 11.5 Å². The fourth-order valence-corrected chi connectivity index (χ4v) is 1.58. The summed E-state index contributed by atoms with van der Waals surface area (Å²) in [4.78, 5) is 23.6. The molecule has 0 aromatic carbocycles. The van der Waals surface area contributed by atoms with E-state index in [2.05, 4.69) is 10.4 Å². The van der Waals surface area contributed by atoms with Crippen LogP contribution in [0.2, 0.25) is 0 Å². The number of likely N-dealkylation sites (N-methyl/N-ethyl adjacent to an activating group) is 1. The molecule has 0 fully saturated rings. The summed E-state index contributed by atoms with van der Waals surface area (Å²) in [6, 6.07) is 0. The number of aromatic nitrogens is 2. The second-order valence-corrected chi connectivity index (χ2v) is 3.71. The van der Waals surface area contributed by atoms with Gasteiger partial charge in [0.25, 0.3) is 0 Å². The number of aryl methyl sites for hydroxylation is 1. The maximum Gasteiger partial charge on any atom is 0.330 e. The third-order valence-corrected chi connectivity index (χ3v) is 2.53. The molecule has 100 valence electrons. The highest BCUT2D eigenvalue weighted by Crippen LogP contribution is 2.20. The second-order valence-electron chi connectivity index (χ2n) is 3.71. The van der Waals surface area contributed by atoms with Crippen LogP contribution in [0.5, 0.6) is 0 Å². The van der Waals surface area contributed by atoms with E-state index in [0.29, 0.717) is 13.1 Å². The molecule has 1 aromatic heterocycles. The first-order chi connectivity index (χ1) is 8.49. The van der Waals surface area contributed by atoms with Crippen LogP contribution in [0.1, 0.15) is 13.8 Å². The number of hydrogen-bond acceptors (Lipinski definition) is 5. The van der Waals surface area contributed by atoms with Crippen molar-refractivity contribution in [3.63, 3.8) is 0 Å².